The highest BCUT2D eigenvalue weighted by Gasteiger charge is 2.37. The topological polar surface area (TPSA) is 18.5 Å². The maximum atomic E-state index is 5.77. The van der Waals surface area contributed by atoms with Gasteiger partial charge in [-0.1, -0.05) is 23.0 Å². The molecule has 0 spiro atoms. The summed E-state index contributed by atoms with van der Waals surface area (Å²) in [6.45, 7) is 12.0. The molecule has 19 heavy (non-hydrogen) atoms. The van der Waals surface area contributed by atoms with Gasteiger partial charge in [-0.05, 0) is 71.6 Å². The van der Waals surface area contributed by atoms with Crippen LogP contribution < -0.4 is 0 Å². The van der Waals surface area contributed by atoms with Gasteiger partial charge in [0, 0.05) is 4.75 Å². The average Bonchev–Trinajstić information content (AvgIpc) is 2.28. The van der Waals surface area contributed by atoms with E-state index in [1.807, 2.05) is 13.8 Å². The molecule has 5 heteroatoms. The number of rotatable bonds is 7. The third kappa shape index (κ3) is 5.51. The Kier molecular flexibility index (Phi) is 7.09. The summed E-state index contributed by atoms with van der Waals surface area (Å²) >= 11 is 7.41. The Balaban J connectivity index is 2.73. The third-order valence-corrected chi connectivity index (χ3v) is 9.74. The lowest BCUT2D eigenvalue weighted by atomic mass is 9.82. The van der Waals surface area contributed by atoms with Crippen LogP contribution in [0.4, 0.5) is 0 Å². The van der Waals surface area contributed by atoms with Crippen LogP contribution in [0.3, 0.4) is 0 Å². The van der Waals surface area contributed by atoms with Crippen molar-refractivity contribution in [3.63, 3.8) is 0 Å². The molecule has 0 aliphatic heterocycles. The summed E-state index contributed by atoms with van der Waals surface area (Å²) in [5.41, 5.74) is -0.674. The van der Waals surface area contributed by atoms with Gasteiger partial charge in [0.1, 0.15) is 0 Å². The van der Waals surface area contributed by atoms with Crippen molar-refractivity contribution < 1.29 is 9.05 Å². The largest absolute Gasteiger partial charge is 0.322 e. The summed E-state index contributed by atoms with van der Waals surface area (Å²) in [4.78, 5) is 0. The van der Waals surface area contributed by atoms with Gasteiger partial charge in [0.2, 0.25) is 5.69 Å². The molecule has 112 valence electrons. The van der Waals surface area contributed by atoms with Crippen LogP contribution in [0.5, 0.6) is 0 Å². The van der Waals surface area contributed by atoms with Crippen molar-refractivity contribution in [3.05, 3.63) is 11.6 Å². The Morgan fingerprint density at radius 2 is 1.95 bits per heavy atom. The summed E-state index contributed by atoms with van der Waals surface area (Å²) in [6.07, 6.45) is 5.98. The van der Waals surface area contributed by atoms with Gasteiger partial charge < -0.3 is 9.05 Å². The van der Waals surface area contributed by atoms with Crippen molar-refractivity contribution in [1.29, 1.82) is 0 Å². The second kappa shape index (κ2) is 7.61. The Morgan fingerprint density at radius 1 is 1.37 bits per heavy atom. The normalized spacial score (nSPS) is 21.3. The molecule has 0 aromatic rings. The lowest BCUT2D eigenvalue weighted by Crippen LogP contribution is -2.28. The minimum Gasteiger partial charge on any atom is -0.322 e. The van der Waals surface area contributed by atoms with Gasteiger partial charge in [-0.3, -0.25) is 0 Å². The van der Waals surface area contributed by atoms with E-state index in [0.717, 1.165) is 6.42 Å². The summed E-state index contributed by atoms with van der Waals surface area (Å²) in [5, 5.41) is 0. The minimum absolute atomic E-state index is 0.108. The van der Waals surface area contributed by atoms with Gasteiger partial charge in [-0.2, -0.15) is 0 Å². The zero-order chi connectivity index (χ0) is 14.5. The smallest absolute Gasteiger partial charge is 0.247 e. The first-order chi connectivity index (χ1) is 8.83. The van der Waals surface area contributed by atoms with Crippen LogP contribution in [0.15, 0.2) is 11.6 Å². The highest BCUT2D eigenvalue weighted by molar-refractivity contribution is 8.68. The first-order valence-corrected chi connectivity index (χ1v) is 11.1. The van der Waals surface area contributed by atoms with Gasteiger partial charge in [0.25, 0.3) is 0 Å². The number of allylic oxidation sites excluding steroid dienone is 2. The SMILES string of the molecule is CCOP(=S)(OCC)SC(C)(C)[C@H]1CC=C(C)CC1. The third-order valence-electron chi connectivity index (χ3n) is 3.54. The molecule has 1 rings (SSSR count). The van der Waals surface area contributed by atoms with E-state index in [1.165, 1.54) is 18.4 Å². The molecule has 0 N–H and O–H groups in total. The Morgan fingerprint density at radius 3 is 2.37 bits per heavy atom. The lowest BCUT2D eigenvalue weighted by Gasteiger charge is -2.38. The van der Waals surface area contributed by atoms with Crippen molar-refractivity contribution in [2.45, 2.75) is 58.6 Å². The van der Waals surface area contributed by atoms with Crippen LogP contribution in [0.2, 0.25) is 0 Å². The summed E-state index contributed by atoms with van der Waals surface area (Å²) < 4.78 is 11.6. The average molecular weight is 322 g/mol. The summed E-state index contributed by atoms with van der Waals surface area (Å²) in [5.74, 6) is 0.657. The standard InChI is InChI=1S/C14H27O2PS2/c1-6-15-17(18,16-7-2)19-14(4,5)13-10-8-12(3)9-11-13/h8,13H,6-7,9-11H2,1-5H3/t13-/m0/s1. The van der Waals surface area contributed by atoms with E-state index in [2.05, 4.69) is 26.8 Å². The Bertz CT molecular complexity index is 356. The molecule has 2 nitrogen and oxygen atoms in total. The molecule has 1 aliphatic carbocycles. The van der Waals surface area contributed by atoms with E-state index in [0.29, 0.717) is 19.1 Å². The van der Waals surface area contributed by atoms with Crippen LogP contribution in [0.1, 0.15) is 53.9 Å². The number of hydrogen-bond donors (Lipinski definition) is 0. The van der Waals surface area contributed by atoms with Crippen LogP contribution in [-0.2, 0) is 20.9 Å². The molecule has 0 amide bonds. The molecule has 1 atom stereocenters. The minimum atomic E-state index is -2.19. The summed E-state index contributed by atoms with van der Waals surface area (Å²) in [6, 6.07) is 0. The molecule has 0 aromatic heterocycles. The van der Waals surface area contributed by atoms with E-state index in [1.54, 1.807) is 11.4 Å². The molecular weight excluding hydrogens is 295 g/mol. The molecule has 0 fully saturated rings. The zero-order valence-corrected chi connectivity index (χ0v) is 15.3. The molecule has 0 heterocycles. The van der Waals surface area contributed by atoms with Crippen molar-refractivity contribution in [2.24, 2.45) is 5.92 Å². The van der Waals surface area contributed by atoms with Gasteiger partial charge >= 0.3 is 0 Å². The second-order valence-corrected chi connectivity index (χ2v) is 12.3. The van der Waals surface area contributed by atoms with E-state index >= 15 is 0 Å². The fourth-order valence-corrected chi connectivity index (χ4v) is 9.60. The molecule has 1 aliphatic rings. The predicted octanol–water partition coefficient (Wildman–Crippen LogP) is 5.54. The van der Waals surface area contributed by atoms with Crippen molar-refractivity contribution >= 4 is 28.9 Å². The van der Waals surface area contributed by atoms with E-state index in [-0.39, 0.29) is 4.75 Å². The number of hydrogen-bond acceptors (Lipinski definition) is 4. The summed E-state index contributed by atoms with van der Waals surface area (Å²) in [7, 11) is 0. The molecule has 0 unspecified atom stereocenters. The van der Waals surface area contributed by atoms with E-state index < -0.39 is 5.69 Å². The fraction of sp³-hybridized carbons (Fsp3) is 0.857. The predicted molar refractivity (Wildman–Crippen MR) is 90.3 cm³/mol. The monoisotopic (exact) mass is 322 g/mol. The van der Waals surface area contributed by atoms with Crippen LogP contribution in [0.25, 0.3) is 0 Å². The first kappa shape index (κ1) is 17.7. The maximum Gasteiger partial charge on any atom is 0.247 e. The van der Waals surface area contributed by atoms with Gasteiger partial charge in [-0.15, -0.1) is 0 Å². The molecular formula is C14H27O2PS2. The highest BCUT2D eigenvalue weighted by atomic mass is 32.9. The van der Waals surface area contributed by atoms with E-state index in [9.17, 15) is 0 Å². The van der Waals surface area contributed by atoms with Crippen LogP contribution >= 0.6 is 17.1 Å². The molecule has 0 bridgehead atoms. The highest BCUT2D eigenvalue weighted by Crippen LogP contribution is 2.67. The quantitative estimate of drug-likeness (QED) is 0.452. The molecule has 0 aromatic carbocycles. The van der Waals surface area contributed by atoms with Crippen LogP contribution in [0, 0.1) is 5.92 Å². The van der Waals surface area contributed by atoms with Crippen molar-refractivity contribution in [1.82, 2.24) is 0 Å². The van der Waals surface area contributed by atoms with Crippen LogP contribution in [-0.4, -0.2) is 18.0 Å². The Hall–Kier alpha value is 0.660. The van der Waals surface area contributed by atoms with Crippen molar-refractivity contribution in [3.8, 4) is 0 Å². The molecule has 0 saturated carbocycles. The lowest BCUT2D eigenvalue weighted by molar-refractivity contribution is 0.279. The zero-order valence-electron chi connectivity index (χ0n) is 12.8. The van der Waals surface area contributed by atoms with Gasteiger partial charge in [-0.25, -0.2) is 0 Å². The van der Waals surface area contributed by atoms with Gasteiger partial charge in [0.05, 0.1) is 13.2 Å². The maximum absolute atomic E-state index is 5.77. The second-order valence-electron chi connectivity index (χ2n) is 5.50. The van der Waals surface area contributed by atoms with Crippen molar-refractivity contribution in [2.75, 3.05) is 13.2 Å². The Labute approximate surface area is 127 Å². The molecule has 0 radical (unpaired) electrons. The molecule has 0 saturated heterocycles. The first-order valence-electron chi connectivity index (χ1n) is 7.08. The van der Waals surface area contributed by atoms with E-state index in [4.69, 9.17) is 20.9 Å². The fourth-order valence-electron chi connectivity index (χ4n) is 2.37. The van der Waals surface area contributed by atoms with Gasteiger partial charge in [0.15, 0.2) is 0 Å².